The molecule has 150 valence electrons. The van der Waals surface area contributed by atoms with Gasteiger partial charge in [-0.05, 0) is 12.8 Å². The molecule has 1 N–H and O–H groups in total. The Balaban J connectivity index is 0.00000261. The highest BCUT2D eigenvalue weighted by atomic mass is 35.5. The summed E-state index contributed by atoms with van der Waals surface area (Å²) in [5.74, 6) is -2.62. The van der Waals surface area contributed by atoms with E-state index in [0.717, 1.165) is 18.1 Å². The van der Waals surface area contributed by atoms with Crippen LogP contribution in [0.4, 0.5) is 13.2 Å². The fourth-order valence-corrected chi connectivity index (χ4v) is 4.41. The zero-order valence-electron chi connectivity index (χ0n) is 14.7. The van der Waals surface area contributed by atoms with Gasteiger partial charge in [-0.15, -0.1) is 12.4 Å². The van der Waals surface area contributed by atoms with E-state index in [-0.39, 0.29) is 24.4 Å². The van der Waals surface area contributed by atoms with Crippen molar-refractivity contribution >= 4 is 35.9 Å². The summed E-state index contributed by atoms with van der Waals surface area (Å²) in [5, 5.41) is 3.32. The zero-order valence-corrected chi connectivity index (χ0v) is 16.3. The van der Waals surface area contributed by atoms with Crippen LogP contribution in [0.2, 0.25) is 0 Å². The molecule has 4 nitrogen and oxygen atoms in total. The number of hydrogen-bond donors (Lipinski definition) is 1. The first-order chi connectivity index (χ1) is 12.5. The molecule has 1 amide bonds. The molecular weight excluding hydrogens is 401 g/mol. The third kappa shape index (κ3) is 5.39. The molecule has 2 saturated heterocycles. The number of hydrogen-bond acceptors (Lipinski definition) is 4. The maximum Gasteiger partial charge on any atom is 0.224 e. The Morgan fingerprint density at radius 2 is 1.78 bits per heavy atom. The number of piperidine rings is 1. The van der Waals surface area contributed by atoms with E-state index < -0.39 is 34.7 Å². The molecule has 2 heterocycles. The largest absolute Gasteiger partial charge is 0.343 e. The third-order valence-electron chi connectivity index (χ3n) is 4.89. The van der Waals surface area contributed by atoms with Crippen molar-refractivity contribution in [3.05, 3.63) is 35.1 Å². The van der Waals surface area contributed by atoms with Crippen molar-refractivity contribution in [3.8, 4) is 0 Å². The normalized spacial score (nSPS) is 20.9. The van der Waals surface area contributed by atoms with Gasteiger partial charge in [0.2, 0.25) is 5.91 Å². The highest BCUT2D eigenvalue weighted by Crippen LogP contribution is 2.26. The molecule has 1 unspecified atom stereocenters. The number of carbonyl (C=O) groups is 2. The van der Waals surface area contributed by atoms with Gasteiger partial charge < -0.3 is 10.2 Å². The maximum atomic E-state index is 13.8. The molecule has 0 aliphatic carbocycles. The van der Waals surface area contributed by atoms with E-state index in [4.69, 9.17) is 0 Å². The van der Waals surface area contributed by atoms with E-state index in [2.05, 4.69) is 5.32 Å². The van der Waals surface area contributed by atoms with Gasteiger partial charge in [0.05, 0.1) is 5.56 Å². The van der Waals surface area contributed by atoms with Crippen LogP contribution in [0.15, 0.2) is 12.1 Å². The van der Waals surface area contributed by atoms with Gasteiger partial charge in [0, 0.05) is 61.7 Å². The van der Waals surface area contributed by atoms with E-state index in [1.807, 2.05) is 11.8 Å². The van der Waals surface area contributed by atoms with Crippen LogP contribution in [0.25, 0.3) is 0 Å². The van der Waals surface area contributed by atoms with Crippen LogP contribution in [0.3, 0.4) is 0 Å². The van der Waals surface area contributed by atoms with Crippen molar-refractivity contribution in [2.24, 2.45) is 5.92 Å². The van der Waals surface area contributed by atoms with E-state index in [1.165, 1.54) is 0 Å². The van der Waals surface area contributed by atoms with Gasteiger partial charge in [-0.25, -0.2) is 13.2 Å². The van der Waals surface area contributed by atoms with Gasteiger partial charge in [0.1, 0.15) is 17.5 Å². The molecule has 0 aromatic heterocycles. The predicted molar refractivity (Wildman–Crippen MR) is 101 cm³/mol. The first-order valence-corrected chi connectivity index (χ1v) is 9.89. The van der Waals surface area contributed by atoms with Crippen LogP contribution >= 0.6 is 24.2 Å². The number of amides is 1. The number of rotatable bonds is 4. The summed E-state index contributed by atoms with van der Waals surface area (Å²) in [7, 11) is 0. The first-order valence-electron chi connectivity index (χ1n) is 8.73. The van der Waals surface area contributed by atoms with E-state index in [9.17, 15) is 22.8 Å². The quantitative estimate of drug-likeness (QED) is 0.758. The molecule has 1 atom stereocenters. The van der Waals surface area contributed by atoms with Gasteiger partial charge in [-0.2, -0.15) is 11.8 Å². The van der Waals surface area contributed by atoms with E-state index in [1.54, 1.807) is 4.90 Å². The molecule has 2 fully saturated rings. The zero-order chi connectivity index (χ0) is 18.7. The second-order valence-corrected chi connectivity index (χ2v) is 7.84. The standard InChI is InChI=1S/C18H21F3N2O2S.ClH/c19-12-7-14(20)17(15(21)8-12)18(25)11-1-4-23(5-2-11)16(24)9-13-10-26-6-3-22-13;/h7-8,11,13,22H,1-6,9-10H2;1H. The van der Waals surface area contributed by atoms with Crippen molar-refractivity contribution in [2.45, 2.75) is 25.3 Å². The number of halogens is 4. The lowest BCUT2D eigenvalue weighted by molar-refractivity contribution is -0.132. The maximum absolute atomic E-state index is 13.8. The SMILES string of the molecule is Cl.O=C(c1c(F)cc(F)cc1F)C1CCN(C(=O)CC2CSCCN2)CC1. The monoisotopic (exact) mass is 422 g/mol. The molecule has 1 aromatic rings. The van der Waals surface area contributed by atoms with Crippen molar-refractivity contribution in [3.63, 3.8) is 0 Å². The smallest absolute Gasteiger partial charge is 0.224 e. The van der Waals surface area contributed by atoms with Crippen LogP contribution in [0, 0.1) is 23.4 Å². The first kappa shape index (κ1) is 22.0. The third-order valence-corrected chi connectivity index (χ3v) is 6.02. The Labute approximate surface area is 166 Å². The number of thioether (sulfide) groups is 1. The molecule has 0 radical (unpaired) electrons. The minimum Gasteiger partial charge on any atom is -0.343 e. The number of nitrogens with one attached hydrogen (secondary N) is 1. The second kappa shape index (κ2) is 9.80. The number of benzene rings is 1. The minimum absolute atomic E-state index is 0. The second-order valence-electron chi connectivity index (χ2n) is 6.69. The molecule has 1 aromatic carbocycles. The number of likely N-dealkylation sites (tertiary alicyclic amines) is 1. The highest BCUT2D eigenvalue weighted by molar-refractivity contribution is 7.99. The molecule has 3 rings (SSSR count). The fraction of sp³-hybridized carbons (Fsp3) is 0.556. The molecule has 0 bridgehead atoms. The Kier molecular flexibility index (Phi) is 8.00. The minimum atomic E-state index is -1.17. The van der Waals surface area contributed by atoms with Gasteiger partial charge in [0.25, 0.3) is 0 Å². The predicted octanol–water partition coefficient (Wildman–Crippen LogP) is 3.04. The summed E-state index contributed by atoms with van der Waals surface area (Å²) < 4.78 is 40.6. The Morgan fingerprint density at radius 3 is 2.33 bits per heavy atom. The number of ketones is 1. The number of Topliss-reactive ketones (excluding diaryl/α,β-unsaturated/α-hetero) is 1. The summed E-state index contributed by atoms with van der Waals surface area (Å²) in [6.07, 6.45) is 1.13. The van der Waals surface area contributed by atoms with E-state index >= 15 is 0 Å². The summed E-state index contributed by atoms with van der Waals surface area (Å²) in [5.41, 5.74) is -0.681. The average molecular weight is 423 g/mol. The molecule has 0 saturated carbocycles. The lowest BCUT2D eigenvalue weighted by atomic mass is 9.88. The summed E-state index contributed by atoms with van der Waals surface area (Å²) in [6.45, 7) is 1.67. The molecular formula is C18H22ClF3N2O2S. The van der Waals surface area contributed by atoms with Crippen LogP contribution in [0.1, 0.15) is 29.6 Å². The summed E-state index contributed by atoms with van der Waals surface area (Å²) in [6, 6.07) is 1.21. The van der Waals surface area contributed by atoms with Gasteiger partial charge in [-0.3, -0.25) is 9.59 Å². The topological polar surface area (TPSA) is 49.4 Å². The summed E-state index contributed by atoms with van der Waals surface area (Å²) in [4.78, 5) is 26.5. The average Bonchev–Trinajstić information content (AvgIpc) is 2.61. The van der Waals surface area contributed by atoms with Crippen LogP contribution in [0.5, 0.6) is 0 Å². The molecule has 27 heavy (non-hydrogen) atoms. The van der Waals surface area contributed by atoms with Crippen LogP contribution in [-0.4, -0.2) is 53.8 Å². The lowest BCUT2D eigenvalue weighted by Crippen LogP contribution is -2.45. The van der Waals surface area contributed by atoms with Crippen molar-refractivity contribution in [2.75, 3.05) is 31.1 Å². The van der Waals surface area contributed by atoms with Crippen LogP contribution in [-0.2, 0) is 4.79 Å². The lowest BCUT2D eigenvalue weighted by Gasteiger charge is -2.33. The van der Waals surface area contributed by atoms with Gasteiger partial charge >= 0.3 is 0 Å². The van der Waals surface area contributed by atoms with Gasteiger partial charge in [-0.1, -0.05) is 0 Å². The number of nitrogens with zero attached hydrogens (tertiary/aromatic N) is 1. The Bertz CT molecular complexity index is 670. The molecule has 0 spiro atoms. The van der Waals surface area contributed by atoms with Crippen LogP contribution < -0.4 is 5.32 Å². The van der Waals surface area contributed by atoms with E-state index in [0.29, 0.717) is 44.5 Å². The van der Waals surface area contributed by atoms with Gasteiger partial charge in [0.15, 0.2) is 5.78 Å². The Morgan fingerprint density at radius 1 is 1.15 bits per heavy atom. The summed E-state index contributed by atoms with van der Waals surface area (Å²) >= 11 is 1.82. The molecule has 9 heteroatoms. The Hall–Kier alpha value is -1.25. The molecule has 2 aliphatic rings. The van der Waals surface area contributed by atoms with Crippen molar-refractivity contribution in [1.29, 1.82) is 0 Å². The van der Waals surface area contributed by atoms with Crippen molar-refractivity contribution < 1.29 is 22.8 Å². The number of carbonyl (C=O) groups excluding carboxylic acids is 2. The molecule has 2 aliphatic heterocycles. The highest BCUT2D eigenvalue weighted by Gasteiger charge is 2.32. The van der Waals surface area contributed by atoms with Crippen molar-refractivity contribution in [1.82, 2.24) is 10.2 Å². The fourth-order valence-electron chi connectivity index (χ4n) is 3.46.